The highest BCUT2D eigenvalue weighted by atomic mass is 16.6. The van der Waals surface area contributed by atoms with E-state index in [4.69, 9.17) is 4.74 Å². The standard InChI is InChI=1S/C24H37N3O4/c1-15-9-11-17(12-10-15)19(20(28)26-23(3,4)5)27(18-13-14-18)21(29)16(2)25-22(30)31-24(6,7)8/h9-12,16,18-19H,13-14H2,1-8H3,(H,25,30)(H,26,28). The van der Waals surface area contributed by atoms with Crippen LogP contribution in [0, 0.1) is 6.92 Å². The number of alkyl carbamates (subject to hydrolysis) is 1. The van der Waals surface area contributed by atoms with Crippen molar-refractivity contribution in [2.24, 2.45) is 0 Å². The van der Waals surface area contributed by atoms with Gasteiger partial charge in [0.1, 0.15) is 17.7 Å². The van der Waals surface area contributed by atoms with Crippen LogP contribution in [-0.4, -0.2) is 46.0 Å². The molecule has 0 radical (unpaired) electrons. The molecule has 3 amide bonds. The van der Waals surface area contributed by atoms with E-state index < -0.39 is 29.3 Å². The number of aryl methyl sites for hydroxylation is 1. The molecule has 1 aliphatic carbocycles. The molecule has 2 atom stereocenters. The van der Waals surface area contributed by atoms with E-state index in [0.717, 1.165) is 24.0 Å². The summed E-state index contributed by atoms with van der Waals surface area (Å²) in [4.78, 5) is 40.6. The Hall–Kier alpha value is -2.57. The fourth-order valence-corrected chi connectivity index (χ4v) is 3.27. The molecule has 1 aromatic rings. The van der Waals surface area contributed by atoms with E-state index in [0.29, 0.717) is 0 Å². The molecule has 2 unspecified atom stereocenters. The van der Waals surface area contributed by atoms with Gasteiger partial charge in [0, 0.05) is 11.6 Å². The summed E-state index contributed by atoms with van der Waals surface area (Å²) in [5.74, 6) is -0.538. The summed E-state index contributed by atoms with van der Waals surface area (Å²) < 4.78 is 5.29. The minimum Gasteiger partial charge on any atom is -0.444 e. The lowest BCUT2D eigenvalue weighted by atomic mass is 9.99. The van der Waals surface area contributed by atoms with Crippen LogP contribution >= 0.6 is 0 Å². The van der Waals surface area contributed by atoms with Gasteiger partial charge in [0.25, 0.3) is 0 Å². The zero-order chi connectivity index (χ0) is 23.6. The van der Waals surface area contributed by atoms with Crippen molar-refractivity contribution in [2.75, 3.05) is 0 Å². The Bertz CT molecular complexity index is 802. The van der Waals surface area contributed by atoms with Crippen LogP contribution in [0.2, 0.25) is 0 Å². The van der Waals surface area contributed by atoms with Crippen molar-refractivity contribution < 1.29 is 19.1 Å². The Balaban J connectivity index is 2.33. The highest BCUT2D eigenvalue weighted by molar-refractivity contribution is 5.92. The van der Waals surface area contributed by atoms with Gasteiger partial charge in [0.15, 0.2) is 0 Å². The molecule has 7 heteroatoms. The minimum atomic E-state index is -0.828. The number of ether oxygens (including phenoxy) is 1. The van der Waals surface area contributed by atoms with E-state index in [1.807, 2.05) is 52.0 Å². The average Bonchev–Trinajstić information content (AvgIpc) is 3.41. The van der Waals surface area contributed by atoms with Crippen LogP contribution < -0.4 is 10.6 Å². The van der Waals surface area contributed by atoms with E-state index in [1.54, 1.807) is 32.6 Å². The first-order chi connectivity index (χ1) is 14.2. The second-order valence-electron chi connectivity index (χ2n) is 10.4. The molecule has 7 nitrogen and oxygen atoms in total. The number of carbonyl (C=O) groups is 3. The third-order valence-corrected chi connectivity index (χ3v) is 4.72. The summed E-state index contributed by atoms with van der Waals surface area (Å²) in [5.41, 5.74) is 0.707. The number of carbonyl (C=O) groups excluding carboxylic acids is 3. The lowest BCUT2D eigenvalue weighted by Gasteiger charge is -2.35. The van der Waals surface area contributed by atoms with Gasteiger partial charge >= 0.3 is 6.09 Å². The Morgan fingerprint density at radius 2 is 1.58 bits per heavy atom. The van der Waals surface area contributed by atoms with Crippen LogP contribution in [0.1, 0.15) is 78.5 Å². The molecule has 0 heterocycles. The van der Waals surface area contributed by atoms with Crippen molar-refractivity contribution in [1.82, 2.24) is 15.5 Å². The summed E-state index contributed by atoms with van der Waals surface area (Å²) in [6.07, 6.45) is 1.00. The van der Waals surface area contributed by atoms with E-state index in [1.165, 1.54) is 0 Å². The first-order valence-electron chi connectivity index (χ1n) is 10.9. The first kappa shape index (κ1) is 24.7. The number of nitrogens with one attached hydrogen (secondary N) is 2. The van der Waals surface area contributed by atoms with Crippen LogP contribution in [0.15, 0.2) is 24.3 Å². The number of rotatable bonds is 6. The van der Waals surface area contributed by atoms with Gasteiger partial charge < -0.3 is 20.3 Å². The molecule has 0 aliphatic heterocycles. The molecule has 0 aromatic heterocycles. The molecule has 1 fully saturated rings. The van der Waals surface area contributed by atoms with E-state index in [2.05, 4.69) is 10.6 Å². The number of benzene rings is 1. The normalized spacial score (nSPS) is 16.1. The van der Waals surface area contributed by atoms with Crippen molar-refractivity contribution in [3.63, 3.8) is 0 Å². The summed E-state index contributed by atoms with van der Waals surface area (Å²) >= 11 is 0. The van der Waals surface area contributed by atoms with E-state index >= 15 is 0 Å². The Labute approximate surface area is 185 Å². The van der Waals surface area contributed by atoms with Crippen LogP contribution in [-0.2, 0) is 14.3 Å². The van der Waals surface area contributed by atoms with E-state index in [-0.39, 0.29) is 17.9 Å². The second-order valence-corrected chi connectivity index (χ2v) is 10.4. The summed E-state index contributed by atoms with van der Waals surface area (Å²) in [6, 6.07) is 6.00. The largest absolute Gasteiger partial charge is 0.444 e. The molecule has 2 rings (SSSR count). The molecule has 172 valence electrons. The highest BCUT2D eigenvalue weighted by Gasteiger charge is 2.43. The second kappa shape index (κ2) is 9.28. The van der Waals surface area contributed by atoms with Crippen molar-refractivity contribution in [2.45, 2.75) is 97.5 Å². The van der Waals surface area contributed by atoms with Gasteiger partial charge in [-0.25, -0.2) is 4.79 Å². The van der Waals surface area contributed by atoms with Crippen LogP contribution in [0.25, 0.3) is 0 Å². The third kappa shape index (κ3) is 7.56. The Morgan fingerprint density at radius 1 is 1.03 bits per heavy atom. The molecule has 1 saturated carbocycles. The first-order valence-corrected chi connectivity index (χ1v) is 10.9. The van der Waals surface area contributed by atoms with Crippen LogP contribution in [0.5, 0.6) is 0 Å². The van der Waals surface area contributed by atoms with Gasteiger partial charge in [-0.3, -0.25) is 9.59 Å². The molecule has 0 spiro atoms. The fraction of sp³-hybridized carbons (Fsp3) is 0.625. The average molecular weight is 432 g/mol. The number of hydrogen-bond donors (Lipinski definition) is 2. The van der Waals surface area contributed by atoms with Crippen molar-refractivity contribution >= 4 is 17.9 Å². The maximum absolute atomic E-state index is 13.5. The number of nitrogens with zero attached hydrogens (tertiary/aromatic N) is 1. The maximum Gasteiger partial charge on any atom is 0.408 e. The Morgan fingerprint density at radius 3 is 2.03 bits per heavy atom. The molecule has 1 aliphatic rings. The van der Waals surface area contributed by atoms with Crippen LogP contribution in [0.4, 0.5) is 4.79 Å². The van der Waals surface area contributed by atoms with Crippen molar-refractivity contribution in [1.29, 1.82) is 0 Å². The topological polar surface area (TPSA) is 87.7 Å². The van der Waals surface area contributed by atoms with E-state index in [9.17, 15) is 14.4 Å². The quantitative estimate of drug-likeness (QED) is 0.716. The predicted octanol–water partition coefficient (Wildman–Crippen LogP) is 3.86. The molecule has 0 saturated heterocycles. The predicted molar refractivity (Wildman–Crippen MR) is 121 cm³/mol. The Kier molecular flexibility index (Phi) is 7.40. The molecule has 1 aromatic carbocycles. The lowest BCUT2D eigenvalue weighted by molar-refractivity contribution is -0.143. The summed E-state index contributed by atoms with van der Waals surface area (Å²) in [7, 11) is 0. The fourth-order valence-electron chi connectivity index (χ4n) is 3.27. The molecular formula is C24H37N3O4. The lowest BCUT2D eigenvalue weighted by Crippen LogP contribution is -2.54. The van der Waals surface area contributed by atoms with Gasteiger partial charge in [0.2, 0.25) is 11.8 Å². The van der Waals surface area contributed by atoms with Gasteiger partial charge in [-0.2, -0.15) is 0 Å². The smallest absolute Gasteiger partial charge is 0.408 e. The monoisotopic (exact) mass is 431 g/mol. The minimum absolute atomic E-state index is 0.0348. The van der Waals surface area contributed by atoms with Gasteiger partial charge in [-0.05, 0) is 73.8 Å². The maximum atomic E-state index is 13.5. The van der Waals surface area contributed by atoms with Crippen LogP contribution in [0.3, 0.4) is 0 Å². The van der Waals surface area contributed by atoms with Gasteiger partial charge in [-0.1, -0.05) is 29.8 Å². The third-order valence-electron chi connectivity index (χ3n) is 4.72. The number of hydrogen-bond acceptors (Lipinski definition) is 4. The summed E-state index contributed by atoms with van der Waals surface area (Å²) in [6.45, 7) is 14.6. The van der Waals surface area contributed by atoms with Crippen molar-refractivity contribution in [3.05, 3.63) is 35.4 Å². The molecule has 2 N–H and O–H groups in total. The zero-order valence-electron chi connectivity index (χ0n) is 20.0. The molecular weight excluding hydrogens is 394 g/mol. The summed E-state index contributed by atoms with van der Waals surface area (Å²) in [5, 5.41) is 5.63. The van der Waals surface area contributed by atoms with Gasteiger partial charge in [0.05, 0.1) is 0 Å². The molecule has 31 heavy (non-hydrogen) atoms. The SMILES string of the molecule is Cc1ccc(C(C(=O)NC(C)(C)C)N(C(=O)C(C)NC(=O)OC(C)(C)C)C2CC2)cc1. The zero-order valence-corrected chi connectivity index (χ0v) is 20.0. The van der Waals surface area contributed by atoms with Gasteiger partial charge in [-0.15, -0.1) is 0 Å². The molecule has 0 bridgehead atoms. The number of amides is 3. The highest BCUT2D eigenvalue weighted by Crippen LogP contribution is 2.36. The van der Waals surface area contributed by atoms with Crippen molar-refractivity contribution in [3.8, 4) is 0 Å².